The summed E-state index contributed by atoms with van der Waals surface area (Å²) in [7, 11) is 0. The van der Waals surface area contributed by atoms with Gasteiger partial charge in [0, 0.05) is 18.1 Å². The first kappa shape index (κ1) is 13.1. The summed E-state index contributed by atoms with van der Waals surface area (Å²) in [6, 6.07) is 1.52. The number of carbonyl (C=O) groups is 1. The molecule has 1 heterocycles. The van der Waals surface area contributed by atoms with E-state index in [9.17, 15) is 22.4 Å². The number of alkyl halides is 3. The van der Waals surface area contributed by atoms with Gasteiger partial charge in [0.2, 0.25) is 0 Å². The number of halogens is 4. The molecular formula is C11H7F4N3O. The van der Waals surface area contributed by atoms with Gasteiger partial charge < -0.3 is 5.32 Å². The lowest BCUT2D eigenvalue weighted by Crippen LogP contribution is -2.18. The van der Waals surface area contributed by atoms with Crippen molar-refractivity contribution in [3.63, 3.8) is 0 Å². The summed E-state index contributed by atoms with van der Waals surface area (Å²) in [5.41, 5.74) is -1.59. The molecule has 0 spiro atoms. The van der Waals surface area contributed by atoms with Crippen molar-refractivity contribution in [2.45, 2.75) is 6.18 Å². The van der Waals surface area contributed by atoms with Crippen LogP contribution in [-0.4, -0.2) is 15.6 Å². The molecule has 0 radical (unpaired) electrons. The average molecular weight is 273 g/mol. The first-order valence-corrected chi connectivity index (χ1v) is 5.04. The van der Waals surface area contributed by atoms with E-state index in [1.165, 1.54) is 18.7 Å². The fourth-order valence-electron chi connectivity index (χ4n) is 1.39. The largest absolute Gasteiger partial charge is 0.419 e. The molecule has 0 saturated carbocycles. The number of hydrogen-bond acceptors (Lipinski definition) is 2. The van der Waals surface area contributed by atoms with Gasteiger partial charge in [0.05, 0.1) is 5.56 Å². The molecule has 2 rings (SSSR count). The second-order valence-corrected chi connectivity index (χ2v) is 3.59. The number of nitrogens with one attached hydrogen (secondary N) is 1. The highest BCUT2D eigenvalue weighted by atomic mass is 19.4. The second kappa shape index (κ2) is 4.71. The molecule has 0 aliphatic carbocycles. The Balaban J connectivity index is 2.25. The highest BCUT2D eigenvalue weighted by molar-refractivity contribution is 5.90. The van der Waals surface area contributed by atoms with Crippen molar-refractivity contribution in [2.24, 2.45) is 0 Å². The fraction of sp³-hybridized carbons (Fsp3) is 0.0909. The first-order chi connectivity index (χ1) is 8.88. The maximum Gasteiger partial charge on any atom is 0.419 e. The zero-order chi connectivity index (χ0) is 14.0. The molecule has 0 saturated heterocycles. The van der Waals surface area contributed by atoms with E-state index >= 15 is 0 Å². The molecule has 8 heteroatoms. The van der Waals surface area contributed by atoms with Gasteiger partial charge in [-0.1, -0.05) is 0 Å². The summed E-state index contributed by atoms with van der Waals surface area (Å²) >= 11 is 0. The Labute approximate surface area is 104 Å². The van der Waals surface area contributed by atoms with Crippen LogP contribution in [-0.2, 0) is 6.18 Å². The van der Waals surface area contributed by atoms with Crippen LogP contribution in [0.15, 0.2) is 36.9 Å². The smallest absolute Gasteiger partial charge is 0.307 e. The number of nitrogens with zero attached hydrogens (tertiary/aromatic N) is 2. The maximum absolute atomic E-state index is 13.0. The third-order valence-electron chi connectivity index (χ3n) is 2.26. The van der Waals surface area contributed by atoms with E-state index in [1.54, 1.807) is 0 Å². The fourth-order valence-corrected chi connectivity index (χ4v) is 1.39. The Morgan fingerprint density at radius 3 is 2.63 bits per heavy atom. The molecule has 0 bridgehead atoms. The summed E-state index contributed by atoms with van der Waals surface area (Å²) in [4.78, 5) is 15.2. The monoisotopic (exact) mass is 273 g/mol. The molecule has 0 aliphatic rings. The van der Waals surface area contributed by atoms with Crippen molar-refractivity contribution in [1.82, 2.24) is 9.55 Å². The van der Waals surface area contributed by atoms with Crippen LogP contribution in [0.1, 0.15) is 5.56 Å². The molecule has 4 nitrogen and oxygen atoms in total. The quantitative estimate of drug-likeness (QED) is 0.811. The summed E-state index contributed by atoms with van der Waals surface area (Å²) in [6.07, 6.45) is -0.974. The lowest BCUT2D eigenvalue weighted by Gasteiger charge is -2.11. The lowest BCUT2D eigenvalue weighted by atomic mass is 10.2. The molecule has 1 N–H and O–H groups in total. The van der Waals surface area contributed by atoms with E-state index < -0.39 is 23.6 Å². The number of rotatable bonds is 1. The molecule has 0 fully saturated rings. The van der Waals surface area contributed by atoms with Gasteiger partial charge in [-0.3, -0.25) is 4.57 Å². The Kier molecular flexibility index (Phi) is 3.24. The zero-order valence-electron chi connectivity index (χ0n) is 9.28. The Hall–Kier alpha value is -2.38. The van der Waals surface area contributed by atoms with Crippen LogP contribution in [0.25, 0.3) is 0 Å². The van der Waals surface area contributed by atoms with Gasteiger partial charge in [0.1, 0.15) is 12.1 Å². The van der Waals surface area contributed by atoms with E-state index in [1.807, 2.05) is 0 Å². The van der Waals surface area contributed by atoms with E-state index in [0.29, 0.717) is 12.1 Å². The van der Waals surface area contributed by atoms with Crippen molar-refractivity contribution in [3.05, 3.63) is 48.3 Å². The van der Waals surface area contributed by atoms with E-state index in [-0.39, 0.29) is 5.69 Å². The third kappa shape index (κ3) is 2.90. The highest BCUT2D eigenvalue weighted by Gasteiger charge is 2.34. The first-order valence-electron chi connectivity index (χ1n) is 5.04. The van der Waals surface area contributed by atoms with Crippen LogP contribution < -0.4 is 5.32 Å². The molecule has 2 aromatic rings. The van der Waals surface area contributed by atoms with Crippen LogP contribution in [0.2, 0.25) is 0 Å². The maximum atomic E-state index is 13.0. The van der Waals surface area contributed by atoms with Crippen LogP contribution in [0.4, 0.5) is 28.0 Å². The number of benzene rings is 1. The molecular weight excluding hydrogens is 266 g/mol. The second-order valence-electron chi connectivity index (χ2n) is 3.59. The van der Waals surface area contributed by atoms with Crippen molar-refractivity contribution in [2.75, 3.05) is 5.32 Å². The predicted molar refractivity (Wildman–Crippen MR) is 58.0 cm³/mol. The minimum Gasteiger partial charge on any atom is -0.307 e. The average Bonchev–Trinajstić information content (AvgIpc) is 2.83. The van der Waals surface area contributed by atoms with E-state index in [2.05, 4.69) is 10.3 Å². The SMILES string of the molecule is O=C(Nc1ccc(F)c(C(F)(F)F)c1)n1ccnc1. The summed E-state index contributed by atoms with van der Waals surface area (Å²) in [5.74, 6) is -1.40. The summed E-state index contributed by atoms with van der Waals surface area (Å²) in [6.45, 7) is 0. The van der Waals surface area contributed by atoms with E-state index in [0.717, 1.165) is 10.6 Å². The topological polar surface area (TPSA) is 46.9 Å². The van der Waals surface area contributed by atoms with Crippen LogP contribution in [0.5, 0.6) is 0 Å². The van der Waals surface area contributed by atoms with Gasteiger partial charge in [0.15, 0.2) is 0 Å². The number of carbonyl (C=O) groups excluding carboxylic acids is 1. The van der Waals surface area contributed by atoms with Gasteiger partial charge in [-0.15, -0.1) is 0 Å². The lowest BCUT2D eigenvalue weighted by molar-refractivity contribution is -0.139. The number of hydrogen-bond donors (Lipinski definition) is 1. The molecule has 0 aliphatic heterocycles. The van der Waals surface area contributed by atoms with Gasteiger partial charge in [-0.25, -0.2) is 14.2 Å². The van der Waals surface area contributed by atoms with Crippen LogP contribution in [0, 0.1) is 5.82 Å². The summed E-state index contributed by atoms with van der Waals surface area (Å²) < 4.78 is 51.5. The van der Waals surface area contributed by atoms with Gasteiger partial charge in [-0.2, -0.15) is 13.2 Å². The zero-order valence-corrected chi connectivity index (χ0v) is 9.28. The number of imidazole rings is 1. The molecule has 1 aromatic carbocycles. The van der Waals surface area contributed by atoms with Crippen molar-refractivity contribution in [1.29, 1.82) is 0 Å². The summed E-state index contributed by atoms with van der Waals surface area (Å²) in [5, 5.41) is 2.20. The Morgan fingerprint density at radius 1 is 1.32 bits per heavy atom. The molecule has 1 aromatic heterocycles. The standard InChI is InChI=1S/C11H7F4N3O/c12-9-2-1-7(5-8(9)11(13,14)15)17-10(19)18-4-3-16-6-18/h1-6H,(H,17,19). The van der Waals surface area contributed by atoms with Crippen LogP contribution >= 0.6 is 0 Å². The Morgan fingerprint density at radius 2 is 2.05 bits per heavy atom. The normalized spacial score (nSPS) is 11.4. The minimum atomic E-state index is -4.82. The van der Waals surface area contributed by atoms with Gasteiger partial charge >= 0.3 is 12.2 Å². The molecule has 0 atom stereocenters. The molecule has 0 unspecified atom stereocenters. The van der Waals surface area contributed by atoms with Crippen molar-refractivity contribution < 1.29 is 22.4 Å². The van der Waals surface area contributed by atoms with Gasteiger partial charge in [-0.05, 0) is 18.2 Å². The number of aromatic nitrogens is 2. The van der Waals surface area contributed by atoms with Crippen LogP contribution in [0.3, 0.4) is 0 Å². The highest BCUT2D eigenvalue weighted by Crippen LogP contribution is 2.32. The third-order valence-corrected chi connectivity index (χ3v) is 2.26. The Bertz CT molecular complexity index is 592. The number of anilines is 1. The molecule has 100 valence electrons. The predicted octanol–water partition coefficient (Wildman–Crippen LogP) is 3.12. The van der Waals surface area contributed by atoms with Gasteiger partial charge in [0.25, 0.3) is 0 Å². The molecule has 19 heavy (non-hydrogen) atoms. The molecule has 1 amide bonds. The number of amides is 1. The van der Waals surface area contributed by atoms with Crippen molar-refractivity contribution >= 4 is 11.7 Å². The van der Waals surface area contributed by atoms with E-state index in [4.69, 9.17) is 0 Å². The minimum absolute atomic E-state index is 0.160. The van der Waals surface area contributed by atoms with Crippen molar-refractivity contribution in [3.8, 4) is 0 Å².